The number of carbonyl (C=O) groups is 4. The zero-order valence-electron chi connectivity index (χ0n) is 25.4. The Morgan fingerprint density at radius 3 is 2.19 bits per heavy atom. The molecular formula is C34H32ClF3N4O5. The van der Waals surface area contributed by atoms with Crippen molar-refractivity contribution in [2.24, 2.45) is 5.73 Å². The van der Waals surface area contributed by atoms with Gasteiger partial charge in [-0.3, -0.25) is 19.2 Å². The normalized spacial score (nSPS) is 15.3. The summed E-state index contributed by atoms with van der Waals surface area (Å²) >= 11 is 0. The van der Waals surface area contributed by atoms with Gasteiger partial charge in [-0.1, -0.05) is 54.6 Å². The van der Waals surface area contributed by atoms with E-state index in [4.69, 9.17) is 10.5 Å². The fraction of sp³-hybridized carbons (Fsp3) is 0.235. The van der Waals surface area contributed by atoms with Crippen LogP contribution in [-0.4, -0.2) is 54.9 Å². The van der Waals surface area contributed by atoms with Gasteiger partial charge in [0.25, 0.3) is 11.8 Å². The summed E-state index contributed by atoms with van der Waals surface area (Å²) in [7, 11) is 0. The number of Topliss-reactive ketones (excluding diaryl/α,β-unsaturated/α-hetero) is 1. The minimum Gasteiger partial charge on any atom is -0.484 e. The molecule has 4 aromatic rings. The quantitative estimate of drug-likeness (QED) is 0.242. The number of hydrogen-bond acceptors (Lipinski definition) is 6. The molecule has 0 fully saturated rings. The second-order valence-electron chi connectivity index (χ2n) is 11.0. The molecule has 47 heavy (non-hydrogen) atoms. The van der Waals surface area contributed by atoms with Crippen LogP contribution >= 0.6 is 12.4 Å². The minimum absolute atomic E-state index is 0. The number of halogens is 4. The van der Waals surface area contributed by atoms with Crippen LogP contribution in [0, 0.1) is 0 Å². The first-order chi connectivity index (χ1) is 21.8. The van der Waals surface area contributed by atoms with E-state index in [1.54, 1.807) is 54.6 Å². The second kappa shape index (κ2) is 14.2. The number of carbonyl (C=O) groups excluding carboxylic acids is 4. The third-order valence-electron chi connectivity index (χ3n) is 7.61. The van der Waals surface area contributed by atoms with Crippen molar-refractivity contribution < 1.29 is 37.1 Å². The number of rotatable bonds is 8. The molecule has 0 aromatic heterocycles. The van der Waals surface area contributed by atoms with Crippen molar-refractivity contribution in [1.29, 1.82) is 0 Å². The molecule has 0 bridgehead atoms. The average Bonchev–Trinajstić information content (AvgIpc) is 3.14. The molecule has 0 aliphatic carbocycles. The summed E-state index contributed by atoms with van der Waals surface area (Å²) in [5.74, 6) is -2.00. The Labute approximate surface area is 274 Å². The van der Waals surface area contributed by atoms with Gasteiger partial charge in [0.2, 0.25) is 5.91 Å². The van der Waals surface area contributed by atoms with Crippen molar-refractivity contribution in [2.75, 3.05) is 23.0 Å². The third-order valence-corrected chi connectivity index (χ3v) is 7.61. The number of alkyl halides is 3. The number of anilines is 2. The van der Waals surface area contributed by atoms with Gasteiger partial charge in [-0.25, -0.2) is 0 Å². The number of benzene rings is 4. The molecule has 13 heteroatoms. The number of ketones is 1. The van der Waals surface area contributed by atoms with E-state index < -0.39 is 42.6 Å². The topological polar surface area (TPSA) is 122 Å². The highest BCUT2D eigenvalue weighted by molar-refractivity contribution is 6.13. The number of hydrogen-bond donors (Lipinski definition) is 2. The zero-order valence-corrected chi connectivity index (χ0v) is 26.2. The van der Waals surface area contributed by atoms with Crippen LogP contribution in [0.4, 0.5) is 24.5 Å². The Balaban J connectivity index is 0.00000500. The number of nitrogens with zero attached hydrogens (tertiary/aromatic N) is 2. The molecule has 246 valence electrons. The maximum absolute atomic E-state index is 14.3. The second-order valence-corrected chi connectivity index (χ2v) is 11.0. The van der Waals surface area contributed by atoms with Crippen molar-refractivity contribution in [3.05, 3.63) is 102 Å². The van der Waals surface area contributed by atoms with Gasteiger partial charge < -0.3 is 25.6 Å². The van der Waals surface area contributed by atoms with Crippen LogP contribution in [0.5, 0.6) is 5.75 Å². The maximum atomic E-state index is 14.3. The first-order valence-electron chi connectivity index (χ1n) is 14.4. The van der Waals surface area contributed by atoms with E-state index >= 15 is 0 Å². The lowest BCUT2D eigenvalue weighted by Crippen LogP contribution is -2.55. The Bertz CT molecular complexity index is 1810. The molecule has 3 amide bonds. The van der Waals surface area contributed by atoms with E-state index in [1.807, 2.05) is 0 Å². The molecule has 1 aliphatic heterocycles. The van der Waals surface area contributed by atoms with Crippen LogP contribution < -0.4 is 25.6 Å². The molecular weight excluding hydrogens is 637 g/mol. The molecule has 3 N–H and O–H groups in total. The molecule has 0 spiro atoms. The summed E-state index contributed by atoms with van der Waals surface area (Å²) in [4.78, 5) is 55.6. The Hall–Kier alpha value is -4.94. The lowest BCUT2D eigenvalue weighted by atomic mass is 10.0. The van der Waals surface area contributed by atoms with Gasteiger partial charge in [-0.2, -0.15) is 13.2 Å². The molecule has 0 radical (unpaired) electrons. The molecule has 1 aliphatic rings. The molecule has 0 saturated heterocycles. The lowest BCUT2D eigenvalue weighted by molar-refractivity contribution is -0.153. The van der Waals surface area contributed by atoms with Crippen molar-refractivity contribution in [3.8, 4) is 5.75 Å². The van der Waals surface area contributed by atoms with E-state index in [1.165, 1.54) is 54.0 Å². The predicted molar refractivity (Wildman–Crippen MR) is 174 cm³/mol. The Morgan fingerprint density at radius 2 is 1.55 bits per heavy atom. The first-order valence-corrected chi connectivity index (χ1v) is 14.4. The molecule has 2 atom stereocenters. The molecule has 9 nitrogen and oxygen atoms in total. The molecule has 1 heterocycles. The molecule has 2 unspecified atom stereocenters. The van der Waals surface area contributed by atoms with Crippen LogP contribution in [0.3, 0.4) is 0 Å². The molecule has 4 aromatic carbocycles. The standard InChI is InChI=1S/C34H31F3N4O5.ClH/c1-20(38)31(43)39-27-18-41(32(44)24-13-11-22(12-14-24)21(2)42)29-10-6-5-9-28(29)40(33(27)45)17-26-25-8-4-3-7-23(25)15-16-30(26)46-19-34(35,36)37;/h3-16,20,27H,17-19,38H2,1-2H3,(H,39,43);1H. The van der Waals surface area contributed by atoms with E-state index in [-0.39, 0.29) is 48.3 Å². The summed E-state index contributed by atoms with van der Waals surface area (Å²) in [6, 6.07) is 20.4. The smallest absolute Gasteiger partial charge is 0.422 e. The monoisotopic (exact) mass is 668 g/mol. The van der Waals surface area contributed by atoms with Crippen molar-refractivity contribution in [2.45, 2.75) is 38.7 Å². The van der Waals surface area contributed by atoms with Crippen LogP contribution in [0.15, 0.2) is 84.9 Å². The fourth-order valence-electron chi connectivity index (χ4n) is 5.29. The maximum Gasteiger partial charge on any atom is 0.422 e. The predicted octanol–water partition coefficient (Wildman–Crippen LogP) is 5.43. The van der Waals surface area contributed by atoms with E-state index in [9.17, 15) is 32.3 Å². The number of amides is 3. The van der Waals surface area contributed by atoms with Crippen molar-refractivity contribution >= 4 is 58.1 Å². The molecule has 0 saturated carbocycles. The van der Waals surface area contributed by atoms with Gasteiger partial charge in [0.1, 0.15) is 11.8 Å². The lowest BCUT2D eigenvalue weighted by Gasteiger charge is -2.27. The highest BCUT2D eigenvalue weighted by Crippen LogP contribution is 2.38. The van der Waals surface area contributed by atoms with Crippen molar-refractivity contribution in [1.82, 2.24) is 5.32 Å². The highest BCUT2D eigenvalue weighted by Gasteiger charge is 2.38. The van der Waals surface area contributed by atoms with Crippen LogP contribution in [0.2, 0.25) is 0 Å². The fourth-order valence-corrected chi connectivity index (χ4v) is 5.29. The van der Waals surface area contributed by atoms with Gasteiger partial charge in [0.15, 0.2) is 12.4 Å². The summed E-state index contributed by atoms with van der Waals surface area (Å²) < 4.78 is 44.9. The van der Waals surface area contributed by atoms with Crippen LogP contribution in [-0.2, 0) is 16.1 Å². The van der Waals surface area contributed by atoms with E-state index in [0.717, 1.165) is 0 Å². The largest absolute Gasteiger partial charge is 0.484 e. The third kappa shape index (κ3) is 7.72. The summed E-state index contributed by atoms with van der Waals surface area (Å²) in [5, 5.41) is 3.91. The van der Waals surface area contributed by atoms with Crippen LogP contribution in [0.1, 0.15) is 40.1 Å². The van der Waals surface area contributed by atoms with Gasteiger partial charge in [-0.05, 0) is 55.0 Å². The number of fused-ring (bicyclic) bond motifs is 2. The summed E-state index contributed by atoms with van der Waals surface area (Å²) in [6.45, 7) is 0.794. The van der Waals surface area contributed by atoms with Gasteiger partial charge in [0, 0.05) is 16.7 Å². The summed E-state index contributed by atoms with van der Waals surface area (Å²) in [6.07, 6.45) is -4.61. The number of nitrogens with one attached hydrogen (secondary N) is 1. The molecule has 5 rings (SSSR count). The Morgan fingerprint density at radius 1 is 0.936 bits per heavy atom. The average molecular weight is 669 g/mol. The SMILES string of the molecule is CC(=O)c1ccc(C(=O)N2CC(NC(=O)C(C)N)C(=O)N(Cc3c(OCC(F)(F)F)ccc4ccccc34)c3ccccc32)cc1.Cl. The number of ether oxygens (including phenoxy) is 1. The van der Waals surface area contributed by atoms with Gasteiger partial charge in [0.05, 0.1) is 30.5 Å². The highest BCUT2D eigenvalue weighted by atomic mass is 35.5. The summed E-state index contributed by atoms with van der Waals surface area (Å²) in [5.41, 5.74) is 7.36. The number of nitrogens with two attached hydrogens (primary N) is 1. The van der Waals surface area contributed by atoms with E-state index in [0.29, 0.717) is 27.6 Å². The zero-order chi connectivity index (χ0) is 33.2. The Kier molecular flexibility index (Phi) is 10.6. The number of para-hydroxylation sites is 2. The minimum atomic E-state index is -4.61. The van der Waals surface area contributed by atoms with E-state index in [2.05, 4.69) is 5.32 Å². The van der Waals surface area contributed by atoms with Gasteiger partial charge in [-0.15, -0.1) is 12.4 Å². The van der Waals surface area contributed by atoms with Crippen LogP contribution in [0.25, 0.3) is 10.8 Å². The van der Waals surface area contributed by atoms with Crippen molar-refractivity contribution in [3.63, 3.8) is 0 Å². The first kappa shape index (κ1) is 34.9. The van der Waals surface area contributed by atoms with Gasteiger partial charge >= 0.3 is 6.18 Å².